The largest absolute Gasteiger partial charge is 0.496 e. The zero-order chi connectivity index (χ0) is 16.6. The molecule has 3 rings (SSSR count). The second kappa shape index (κ2) is 6.01. The number of ether oxygens (including phenoxy) is 1. The van der Waals surface area contributed by atoms with Gasteiger partial charge in [-0.3, -0.25) is 4.79 Å². The van der Waals surface area contributed by atoms with E-state index < -0.39 is 0 Å². The fourth-order valence-corrected chi connectivity index (χ4v) is 3.49. The molecule has 0 atom stereocenters. The maximum Gasteiger partial charge on any atom is 0.259 e. The number of fused-ring (bicyclic) bond motifs is 1. The maximum atomic E-state index is 12.7. The fourth-order valence-electron chi connectivity index (χ4n) is 2.79. The molecular weight excluding hydrogens is 308 g/mol. The van der Waals surface area contributed by atoms with Crippen LogP contribution >= 0.6 is 11.3 Å². The van der Waals surface area contributed by atoms with E-state index in [1.54, 1.807) is 18.7 Å². The Balaban J connectivity index is 2.01. The summed E-state index contributed by atoms with van der Waals surface area (Å²) in [6.07, 6.45) is 0. The topological polar surface area (TPSA) is 51.2 Å². The van der Waals surface area contributed by atoms with Crippen LogP contribution in [0.4, 0.5) is 5.69 Å². The van der Waals surface area contributed by atoms with Gasteiger partial charge in [0.15, 0.2) is 0 Å². The van der Waals surface area contributed by atoms with E-state index in [0.29, 0.717) is 11.3 Å². The van der Waals surface area contributed by atoms with Gasteiger partial charge in [0.05, 0.1) is 28.4 Å². The SMILES string of the molecule is COc1cc2ncsc2cc1C(=O)Nc1c(C)cc(C)cc1C. The number of nitrogens with one attached hydrogen (secondary N) is 1. The van der Waals surface area contributed by atoms with Gasteiger partial charge in [-0.2, -0.15) is 0 Å². The van der Waals surface area contributed by atoms with Crippen molar-refractivity contribution >= 4 is 33.1 Å². The summed E-state index contributed by atoms with van der Waals surface area (Å²) in [5.41, 5.74) is 7.26. The molecule has 1 aromatic heterocycles. The van der Waals surface area contributed by atoms with Crippen LogP contribution < -0.4 is 10.1 Å². The number of aromatic nitrogens is 1. The van der Waals surface area contributed by atoms with Crippen molar-refractivity contribution in [3.05, 3.63) is 52.0 Å². The van der Waals surface area contributed by atoms with Gasteiger partial charge in [0.1, 0.15) is 5.75 Å². The van der Waals surface area contributed by atoms with E-state index in [-0.39, 0.29) is 5.91 Å². The first-order valence-electron chi connectivity index (χ1n) is 7.30. The highest BCUT2D eigenvalue weighted by atomic mass is 32.1. The summed E-state index contributed by atoms with van der Waals surface area (Å²) in [6.45, 7) is 6.05. The number of rotatable bonds is 3. The Morgan fingerprint density at radius 1 is 1.13 bits per heavy atom. The van der Waals surface area contributed by atoms with Crippen LogP contribution in [0.15, 0.2) is 29.8 Å². The Kier molecular flexibility index (Phi) is 4.05. The monoisotopic (exact) mass is 326 g/mol. The number of methoxy groups -OCH3 is 1. The van der Waals surface area contributed by atoms with Crippen molar-refractivity contribution in [2.24, 2.45) is 0 Å². The van der Waals surface area contributed by atoms with Crippen LogP contribution in [0.2, 0.25) is 0 Å². The predicted octanol–water partition coefficient (Wildman–Crippen LogP) is 4.48. The molecule has 3 aromatic rings. The average Bonchev–Trinajstić information content (AvgIpc) is 2.96. The first-order valence-corrected chi connectivity index (χ1v) is 8.18. The average molecular weight is 326 g/mol. The molecule has 23 heavy (non-hydrogen) atoms. The lowest BCUT2D eigenvalue weighted by Gasteiger charge is -2.14. The molecule has 0 spiro atoms. The lowest BCUT2D eigenvalue weighted by Crippen LogP contribution is -2.15. The second-order valence-corrected chi connectivity index (χ2v) is 6.49. The molecule has 2 aromatic carbocycles. The number of carbonyl (C=O) groups is 1. The zero-order valence-electron chi connectivity index (χ0n) is 13.6. The molecule has 0 saturated carbocycles. The molecular formula is C18H18N2O2S. The molecule has 0 aliphatic rings. The molecule has 0 bridgehead atoms. The standard InChI is InChI=1S/C18H18N2O2S/c1-10-5-11(2)17(12(3)6-10)20-18(21)13-7-16-14(19-9-23-16)8-15(13)22-4/h5-9H,1-4H3,(H,20,21). The van der Waals surface area contributed by atoms with Gasteiger partial charge in [-0.05, 0) is 38.0 Å². The third-order valence-electron chi connectivity index (χ3n) is 3.81. The third-order valence-corrected chi connectivity index (χ3v) is 4.60. The minimum Gasteiger partial charge on any atom is -0.496 e. The van der Waals surface area contributed by atoms with E-state index in [1.807, 2.05) is 26.8 Å². The Morgan fingerprint density at radius 3 is 2.48 bits per heavy atom. The summed E-state index contributed by atoms with van der Waals surface area (Å²) in [5.74, 6) is 0.357. The summed E-state index contributed by atoms with van der Waals surface area (Å²) >= 11 is 1.51. The van der Waals surface area contributed by atoms with Crippen molar-refractivity contribution < 1.29 is 9.53 Å². The first-order chi connectivity index (χ1) is 11.0. The smallest absolute Gasteiger partial charge is 0.259 e. The van der Waals surface area contributed by atoms with E-state index in [1.165, 1.54) is 16.9 Å². The summed E-state index contributed by atoms with van der Waals surface area (Å²) in [7, 11) is 1.56. The predicted molar refractivity (Wildman–Crippen MR) is 94.8 cm³/mol. The van der Waals surface area contributed by atoms with Crippen molar-refractivity contribution in [3.63, 3.8) is 0 Å². The highest BCUT2D eigenvalue weighted by Crippen LogP contribution is 2.29. The molecule has 0 unspecified atom stereocenters. The van der Waals surface area contributed by atoms with E-state index >= 15 is 0 Å². The normalized spacial score (nSPS) is 10.8. The maximum absolute atomic E-state index is 12.7. The number of hydrogen-bond donors (Lipinski definition) is 1. The molecule has 1 amide bonds. The summed E-state index contributed by atoms with van der Waals surface area (Å²) < 4.78 is 6.33. The lowest BCUT2D eigenvalue weighted by atomic mass is 10.0. The molecule has 0 aliphatic carbocycles. The number of benzene rings is 2. The highest BCUT2D eigenvalue weighted by molar-refractivity contribution is 7.16. The Morgan fingerprint density at radius 2 is 1.83 bits per heavy atom. The van der Waals surface area contributed by atoms with Gasteiger partial charge < -0.3 is 10.1 Å². The fraction of sp³-hybridized carbons (Fsp3) is 0.222. The number of amides is 1. The van der Waals surface area contributed by atoms with Crippen LogP contribution in [-0.2, 0) is 0 Å². The first kappa shape index (κ1) is 15.5. The van der Waals surface area contributed by atoms with Gasteiger partial charge in [-0.15, -0.1) is 11.3 Å². The third kappa shape index (κ3) is 2.92. The molecule has 0 fully saturated rings. The molecule has 1 heterocycles. The molecule has 5 heteroatoms. The Hall–Kier alpha value is -2.40. The molecule has 1 N–H and O–H groups in total. The number of aryl methyl sites for hydroxylation is 3. The van der Waals surface area contributed by atoms with Gasteiger partial charge >= 0.3 is 0 Å². The van der Waals surface area contributed by atoms with E-state index in [9.17, 15) is 4.79 Å². The minimum atomic E-state index is -0.174. The van der Waals surface area contributed by atoms with Crippen LogP contribution in [0.25, 0.3) is 10.2 Å². The van der Waals surface area contributed by atoms with Crippen molar-refractivity contribution in [3.8, 4) is 5.75 Å². The van der Waals surface area contributed by atoms with Gasteiger partial charge in [0.2, 0.25) is 0 Å². The number of hydrogen-bond acceptors (Lipinski definition) is 4. The lowest BCUT2D eigenvalue weighted by molar-refractivity contribution is 0.102. The van der Waals surface area contributed by atoms with Crippen molar-refractivity contribution in [1.82, 2.24) is 4.98 Å². The summed E-state index contributed by atoms with van der Waals surface area (Å²) in [5, 5.41) is 3.02. The van der Waals surface area contributed by atoms with E-state index in [4.69, 9.17) is 4.74 Å². The van der Waals surface area contributed by atoms with Gasteiger partial charge in [0, 0.05) is 11.8 Å². The Labute approximate surface area is 139 Å². The van der Waals surface area contributed by atoms with Gasteiger partial charge in [-0.1, -0.05) is 17.7 Å². The number of anilines is 1. The Bertz CT molecular complexity index is 876. The van der Waals surface area contributed by atoms with Gasteiger partial charge in [-0.25, -0.2) is 4.98 Å². The summed E-state index contributed by atoms with van der Waals surface area (Å²) in [4.78, 5) is 17.0. The van der Waals surface area contributed by atoms with E-state index in [2.05, 4.69) is 22.4 Å². The second-order valence-electron chi connectivity index (χ2n) is 5.60. The van der Waals surface area contributed by atoms with Crippen molar-refractivity contribution in [2.75, 3.05) is 12.4 Å². The van der Waals surface area contributed by atoms with Gasteiger partial charge in [0.25, 0.3) is 5.91 Å². The molecule has 0 radical (unpaired) electrons. The van der Waals surface area contributed by atoms with Crippen LogP contribution in [0, 0.1) is 20.8 Å². The van der Waals surface area contributed by atoms with Crippen molar-refractivity contribution in [1.29, 1.82) is 0 Å². The quantitative estimate of drug-likeness (QED) is 0.772. The minimum absolute atomic E-state index is 0.174. The van der Waals surface area contributed by atoms with E-state index in [0.717, 1.165) is 27.0 Å². The van der Waals surface area contributed by atoms with Crippen LogP contribution in [0.1, 0.15) is 27.0 Å². The van der Waals surface area contributed by atoms with Crippen LogP contribution in [-0.4, -0.2) is 18.0 Å². The van der Waals surface area contributed by atoms with Crippen LogP contribution in [0.5, 0.6) is 5.75 Å². The highest BCUT2D eigenvalue weighted by Gasteiger charge is 2.16. The summed E-state index contributed by atoms with van der Waals surface area (Å²) in [6, 6.07) is 7.76. The molecule has 118 valence electrons. The van der Waals surface area contributed by atoms with Crippen molar-refractivity contribution in [2.45, 2.75) is 20.8 Å². The van der Waals surface area contributed by atoms with Crippen LogP contribution in [0.3, 0.4) is 0 Å². The zero-order valence-corrected chi connectivity index (χ0v) is 14.4. The molecule has 4 nitrogen and oxygen atoms in total. The number of thiazole rings is 1. The molecule has 0 saturated heterocycles. The number of carbonyl (C=O) groups excluding carboxylic acids is 1. The molecule has 0 aliphatic heterocycles. The number of nitrogens with zero attached hydrogens (tertiary/aromatic N) is 1.